The van der Waals surface area contributed by atoms with Gasteiger partial charge in [-0.15, -0.1) is 12.4 Å². The third kappa shape index (κ3) is 5.86. The maximum Gasteiger partial charge on any atom is 0.224 e. The van der Waals surface area contributed by atoms with Crippen LogP contribution in [-0.4, -0.2) is 24.2 Å². The van der Waals surface area contributed by atoms with Gasteiger partial charge in [0.2, 0.25) is 5.91 Å². The van der Waals surface area contributed by atoms with E-state index in [4.69, 9.17) is 15.0 Å². The normalized spacial score (nSPS) is 10.1. The van der Waals surface area contributed by atoms with E-state index in [1.807, 2.05) is 38.1 Å². The van der Waals surface area contributed by atoms with E-state index < -0.39 is 0 Å². The lowest BCUT2D eigenvalue weighted by atomic mass is 10.1. The zero-order valence-corrected chi connectivity index (χ0v) is 14.8. The molecule has 0 fully saturated rings. The molecule has 6 nitrogen and oxygen atoms in total. The second-order valence-corrected chi connectivity index (χ2v) is 5.40. The number of carbonyl (C=O) groups excluding carboxylic acids is 1. The number of rotatable bonds is 8. The molecular weight excluding hydrogens is 330 g/mol. The fourth-order valence-electron chi connectivity index (χ4n) is 2.14. The van der Waals surface area contributed by atoms with Crippen molar-refractivity contribution in [1.29, 1.82) is 0 Å². The van der Waals surface area contributed by atoms with Crippen molar-refractivity contribution in [2.75, 3.05) is 13.1 Å². The summed E-state index contributed by atoms with van der Waals surface area (Å²) in [6, 6.07) is 7.51. The molecule has 1 heterocycles. The molecule has 3 N–H and O–H groups in total. The molecular formula is C17H24ClN3O3. The number of nitrogens with zero attached hydrogens (tertiary/aromatic N) is 1. The number of hydrogen-bond acceptors (Lipinski definition) is 5. The van der Waals surface area contributed by atoms with E-state index >= 15 is 0 Å². The van der Waals surface area contributed by atoms with E-state index in [1.54, 1.807) is 0 Å². The lowest BCUT2D eigenvalue weighted by Gasteiger charge is -2.08. The van der Waals surface area contributed by atoms with Gasteiger partial charge in [-0.1, -0.05) is 17.3 Å². The molecule has 132 valence electrons. The second kappa shape index (κ2) is 9.95. The summed E-state index contributed by atoms with van der Waals surface area (Å²) >= 11 is 0. The number of benzene rings is 1. The number of ether oxygens (including phenoxy) is 1. The molecule has 0 aliphatic carbocycles. The standard InChI is InChI=1S/C17H23N3O3.ClH/c1-12-16(13(2)23-20-12)11-22-15-6-4-14(5-7-15)10-17(21)19-9-3-8-18;/h4-7H,3,8-11,18H2,1-2H3,(H,19,21);1H. The molecule has 0 saturated carbocycles. The molecule has 0 spiro atoms. The number of aromatic nitrogens is 1. The first kappa shape index (κ1) is 20.0. The number of amides is 1. The molecule has 0 aliphatic rings. The van der Waals surface area contributed by atoms with Gasteiger partial charge in [-0.05, 0) is 44.5 Å². The van der Waals surface area contributed by atoms with Crippen LogP contribution >= 0.6 is 12.4 Å². The van der Waals surface area contributed by atoms with Crippen molar-refractivity contribution in [3.05, 3.63) is 46.8 Å². The first-order valence-corrected chi connectivity index (χ1v) is 7.70. The molecule has 1 amide bonds. The molecule has 0 atom stereocenters. The van der Waals surface area contributed by atoms with E-state index in [-0.39, 0.29) is 18.3 Å². The van der Waals surface area contributed by atoms with Crippen molar-refractivity contribution < 1.29 is 14.1 Å². The summed E-state index contributed by atoms with van der Waals surface area (Å²) in [6.07, 6.45) is 1.15. The zero-order valence-electron chi connectivity index (χ0n) is 14.0. The summed E-state index contributed by atoms with van der Waals surface area (Å²) in [7, 11) is 0. The maximum atomic E-state index is 11.7. The Morgan fingerprint density at radius 2 is 2.00 bits per heavy atom. The van der Waals surface area contributed by atoms with Gasteiger partial charge in [0.25, 0.3) is 0 Å². The van der Waals surface area contributed by atoms with E-state index in [1.165, 1.54) is 0 Å². The molecule has 0 aliphatic heterocycles. The number of carbonyl (C=O) groups is 1. The summed E-state index contributed by atoms with van der Waals surface area (Å²) in [4.78, 5) is 11.7. The van der Waals surface area contributed by atoms with Crippen LogP contribution < -0.4 is 15.8 Å². The molecule has 1 aromatic carbocycles. The fourth-order valence-corrected chi connectivity index (χ4v) is 2.14. The minimum absolute atomic E-state index is 0. The largest absolute Gasteiger partial charge is 0.489 e. The van der Waals surface area contributed by atoms with Crippen LogP contribution in [0.2, 0.25) is 0 Å². The number of nitrogens with two attached hydrogens (primary N) is 1. The van der Waals surface area contributed by atoms with E-state index in [0.29, 0.717) is 26.1 Å². The van der Waals surface area contributed by atoms with Crippen LogP contribution in [0.25, 0.3) is 0 Å². The molecule has 7 heteroatoms. The van der Waals surface area contributed by atoms with Crippen molar-refractivity contribution in [3.63, 3.8) is 0 Å². The Labute approximate surface area is 148 Å². The number of halogens is 1. The minimum atomic E-state index is 0. The van der Waals surface area contributed by atoms with E-state index in [9.17, 15) is 4.79 Å². The van der Waals surface area contributed by atoms with Gasteiger partial charge in [-0.25, -0.2) is 0 Å². The smallest absolute Gasteiger partial charge is 0.224 e. The Balaban J connectivity index is 0.00000288. The van der Waals surface area contributed by atoms with Crippen LogP contribution in [0.15, 0.2) is 28.8 Å². The van der Waals surface area contributed by atoms with Crippen LogP contribution in [0.5, 0.6) is 5.75 Å². The summed E-state index contributed by atoms with van der Waals surface area (Å²) in [5.74, 6) is 1.52. The summed E-state index contributed by atoms with van der Waals surface area (Å²) in [5, 5.41) is 6.73. The van der Waals surface area contributed by atoms with Crippen LogP contribution in [0.4, 0.5) is 0 Å². The molecule has 0 saturated heterocycles. The first-order valence-electron chi connectivity index (χ1n) is 7.70. The lowest BCUT2D eigenvalue weighted by Crippen LogP contribution is -2.27. The van der Waals surface area contributed by atoms with Gasteiger partial charge in [0.05, 0.1) is 17.7 Å². The highest BCUT2D eigenvalue weighted by Crippen LogP contribution is 2.18. The maximum absolute atomic E-state index is 11.7. The minimum Gasteiger partial charge on any atom is -0.489 e. The summed E-state index contributed by atoms with van der Waals surface area (Å²) in [5.41, 5.74) is 8.14. The van der Waals surface area contributed by atoms with Crippen LogP contribution in [-0.2, 0) is 17.8 Å². The summed E-state index contributed by atoms with van der Waals surface area (Å²) < 4.78 is 10.8. The Hall–Kier alpha value is -2.05. The average Bonchev–Trinajstić information content (AvgIpc) is 2.86. The van der Waals surface area contributed by atoms with Crippen molar-refractivity contribution in [3.8, 4) is 5.75 Å². The van der Waals surface area contributed by atoms with Gasteiger partial charge >= 0.3 is 0 Å². The van der Waals surface area contributed by atoms with E-state index in [0.717, 1.165) is 34.8 Å². The third-order valence-corrected chi connectivity index (χ3v) is 3.56. The van der Waals surface area contributed by atoms with Crippen molar-refractivity contribution in [2.24, 2.45) is 5.73 Å². The number of nitrogens with one attached hydrogen (secondary N) is 1. The van der Waals surface area contributed by atoms with Crippen LogP contribution in [0.1, 0.15) is 29.0 Å². The first-order chi connectivity index (χ1) is 11.1. The quantitative estimate of drug-likeness (QED) is 0.711. The Bertz CT molecular complexity index is 622. The molecule has 0 radical (unpaired) electrons. The van der Waals surface area contributed by atoms with Gasteiger partial charge in [0.15, 0.2) is 0 Å². The molecule has 0 unspecified atom stereocenters. The van der Waals surface area contributed by atoms with Gasteiger partial charge in [0, 0.05) is 6.54 Å². The van der Waals surface area contributed by atoms with Gasteiger partial charge in [-0.2, -0.15) is 0 Å². The average molecular weight is 354 g/mol. The third-order valence-electron chi connectivity index (χ3n) is 3.56. The fraction of sp³-hybridized carbons (Fsp3) is 0.412. The Morgan fingerprint density at radius 3 is 2.58 bits per heavy atom. The Kier molecular flexibility index (Phi) is 8.29. The van der Waals surface area contributed by atoms with Crippen LogP contribution in [0, 0.1) is 13.8 Å². The summed E-state index contributed by atoms with van der Waals surface area (Å²) in [6.45, 7) is 5.37. The van der Waals surface area contributed by atoms with Crippen molar-refractivity contribution >= 4 is 18.3 Å². The predicted molar refractivity (Wildman–Crippen MR) is 94.4 cm³/mol. The van der Waals surface area contributed by atoms with Gasteiger partial charge in [-0.3, -0.25) is 4.79 Å². The second-order valence-electron chi connectivity index (χ2n) is 5.40. The van der Waals surface area contributed by atoms with Crippen molar-refractivity contribution in [1.82, 2.24) is 10.5 Å². The Morgan fingerprint density at radius 1 is 1.29 bits per heavy atom. The molecule has 2 rings (SSSR count). The molecule has 1 aromatic heterocycles. The molecule has 0 bridgehead atoms. The zero-order chi connectivity index (χ0) is 16.7. The lowest BCUT2D eigenvalue weighted by molar-refractivity contribution is -0.120. The highest BCUT2D eigenvalue weighted by Gasteiger charge is 2.09. The highest BCUT2D eigenvalue weighted by atomic mass is 35.5. The van der Waals surface area contributed by atoms with Crippen LogP contribution in [0.3, 0.4) is 0 Å². The topological polar surface area (TPSA) is 90.4 Å². The monoisotopic (exact) mass is 353 g/mol. The highest BCUT2D eigenvalue weighted by molar-refractivity contribution is 5.85. The van der Waals surface area contributed by atoms with Crippen molar-refractivity contribution in [2.45, 2.75) is 33.3 Å². The van der Waals surface area contributed by atoms with Gasteiger partial charge in [0.1, 0.15) is 18.1 Å². The molecule has 24 heavy (non-hydrogen) atoms. The number of hydrogen-bond donors (Lipinski definition) is 2. The molecule has 2 aromatic rings. The SMILES string of the molecule is Cc1noc(C)c1COc1ccc(CC(=O)NCCCN)cc1.Cl. The number of aryl methyl sites for hydroxylation is 2. The van der Waals surface area contributed by atoms with Gasteiger partial charge < -0.3 is 20.3 Å². The predicted octanol–water partition coefficient (Wildman–Crippen LogP) is 2.30. The van der Waals surface area contributed by atoms with E-state index in [2.05, 4.69) is 10.5 Å².